The summed E-state index contributed by atoms with van der Waals surface area (Å²) in [6, 6.07) is 3.45. The van der Waals surface area contributed by atoms with Crippen LogP contribution >= 0.6 is 15.9 Å². The summed E-state index contributed by atoms with van der Waals surface area (Å²) >= 11 is 3.31. The van der Waals surface area contributed by atoms with E-state index in [2.05, 4.69) is 20.9 Å². The molecular weight excluding hydrogens is 234 g/mol. The number of hydrogen-bond acceptors (Lipinski definition) is 3. The second-order valence-corrected chi connectivity index (χ2v) is 3.57. The molecule has 1 aromatic carbocycles. The van der Waals surface area contributed by atoms with E-state index in [1.54, 1.807) is 12.1 Å². The van der Waals surface area contributed by atoms with Gasteiger partial charge in [-0.25, -0.2) is 4.98 Å². The molecular formula is C9H6BrNO2. The fraction of sp³-hybridized carbons (Fsp3) is 0.111. The average Bonchev–Trinajstić information content (AvgIpc) is 2.51. The van der Waals surface area contributed by atoms with E-state index in [1.165, 1.54) is 13.3 Å². The normalized spacial score (nSPS) is 10.6. The fourth-order valence-electron chi connectivity index (χ4n) is 1.13. The van der Waals surface area contributed by atoms with E-state index < -0.39 is 0 Å². The molecule has 13 heavy (non-hydrogen) atoms. The number of nitrogens with zero attached hydrogens (tertiary/aromatic N) is 1. The lowest BCUT2D eigenvalue weighted by atomic mass is 10.1. The molecule has 4 heteroatoms. The van der Waals surface area contributed by atoms with Gasteiger partial charge in [0.15, 0.2) is 17.8 Å². The Morgan fingerprint density at radius 3 is 3.00 bits per heavy atom. The molecule has 0 bridgehead atoms. The molecule has 3 nitrogen and oxygen atoms in total. The summed E-state index contributed by atoms with van der Waals surface area (Å²) in [5, 5.41) is 0. The summed E-state index contributed by atoms with van der Waals surface area (Å²) in [5.74, 6) is 0.0191. The number of aromatic nitrogens is 1. The number of carbonyl (C=O) groups excluding carboxylic acids is 1. The maximum atomic E-state index is 11.1. The molecule has 0 aliphatic heterocycles. The van der Waals surface area contributed by atoms with E-state index in [-0.39, 0.29) is 5.78 Å². The predicted molar refractivity (Wildman–Crippen MR) is 51.7 cm³/mol. The molecule has 0 spiro atoms. The van der Waals surface area contributed by atoms with Gasteiger partial charge in [0.25, 0.3) is 0 Å². The van der Waals surface area contributed by atoms with Crippen LogP contribution in [0.5, 0.6) is 0 Å². The first kappa shape index (κ1) is 8.44. The molecule has 0 aliphatic carbocycles. The quantitative estimate of drug-likeness (QED) is 0.719. The molecule has 0 saturated carbocycles. The van der Waals surface area contributed by atoms with Crippen molar-refractivity contribution in [1.29, 1.82) is 0 Å². The molecule has 0 aliphatic rings. The SMILES string of the molecule is CC(=O)c1cc(Br)c2ocnc2c1. The molecule has 1 heterocycles. The highest BCUT2D eigenvalue weighted by atomic mass is 79.9. The predicted octanol–water partition coefficient (Wildman–Crippen LogP) is 2.79. The van der Waals surface area contributed by atoms with Gasteiger partial charge in [0.2, 0.25) is 0 Å². The van der Waals surface area contributed by atoms with E-state index in [4.69, 9.17) is 4.42 Å². The minimum atomic E-state index is 0.0191. The van der Waals surface area contributed by atoms with Gasteiger partial charge in [-0.05, 0) is 35.0 Å². The lowest BCUT2D eigenvalue weighted by molar-refractivity contribution is 0.101. The molecule has 66 valence electrons. The van der Waals surface area contributed by atoms with Crippen LogP contribution in [0.4, 0.5) is 0 Å². The van der Waals surface area contributed by atoms with Crippen molar-refractivity contribution in [2.24, 2.45) is 0 Å². The highest BCUT2D eigenvalue weighted by Gasteiger charge is 2.08. The Balaban J connectivity index is 2.77. The Morgan fingerprint density at radius 2 is 2.31 bits per heavy atom. The second-order valence-electron chi connectivity index (χ2n) is 2.71. The van der Waals surface area contributed by atoms with Crippen LogP contribution in [0.1, 0.15) is 17.3 Å². The van der Waals surface area contributed by atoms with E-state index >= 15 is 0 Å². The topological polar surface area (TPSA) is 43.1 Å². The van der Waals surface area contributed by atoms with Gasteiger partial charge >= 0.3 is 0 Å². The highest BCUT2D eigenvalue weighted by Crippen LogP contribution is 2.24. The van der Waals surface area contributed by atoms with E-state index in [1.807, 2.05) is 0 Å². The van der Waals surface area contributed by atoms with Gasteiger partial charge in [-0.3, -0.25) is 4.79 Å². The molecule has 0 fully saturated rings. The number of rotatable bonds is 1. The first-order valence-electron chi connectivity index (χ1n) is 3.72. The third-order valence-corrected chi connectivity index (χ3v) is 2.38. The summed E-state index contributed by atoms with van der Waals surface area (Å²) < 4.78 is 5.87. The zero-order valence-corrected chi connectivity index (χ0v) is 8.46. The van der Waals surface area contributed by atoms with Gasteiger partial charge in [-0.15, -0.1) is 0 Å². The van der Waals surface area contributed by atoms with Crippen molar-refractivity contribution in [3.63, 3.8) is 0 Å². The number of ketones is 1. The summed E-state index contributed by atoms with van der Waals surface area (Å²) in [7, 11) is 0. The number of Topliss-reactive ketones (excluding diaryl/α,β-unsaturated/α-hetero) is 1. The summed E-state index contributed by atoms with van der Waals surface area (Å²) in [6.07, 6.45) is 1.36. The maximum absolute atomic E-state index is 11.1. The van der Waals surface area contributed by atoms with E-state index in [9.17, 15) is 4.79 Å². The molecule has 0 N–H and O–H groups in total. The summed E-state index contributed by atoms with van der Waals surface area (Å²) in [4.78, 5) is 15.1. The molecule has 1 aromatic heterocycles. The first-order valence-corrected chi connectivity index (χ1v) is 4.51. The van der Waals surface area contributed by atoms with Crippen molar-refractivity contribution >= 4 is 32.8 Å². The molecule has 0 saturated heterocycles. The molecule has 0 amide bonds. The van der Waals surface area contributed by atoms with Crippen molar-refractivity contribution in [3.05, 3.63) is 28.6 Å². The van der Waals surface area contributed by atoms with Crippen LogP contribution in [-0.2, 0) is 0 Å². The Morgan fingerprint density at radius 1 is 1.54 bits per heavy atom. The van der Waals surface area contributed by atoms with Gasteiger partial charge < -0.3 is 4.42 Å². The minimum Gasteiger partial charge on any atom is -0.442 e. The van der Waals surface area contributed by atoms with Crippen LogP contribution in [0.15, 0.2) is 27.4 Å². The highest BCUT2D eigenvalue weighted by molar-refractivity contribution is 9.10. The van der Waals surface area contributed by atoms with Gasteiger partial charge in [-0.2, -0.15) is 0 Å². The third kappa shape index (κ3) is 1.37. The minimum absolute atomic E-state index is 0.0191. The Labute approximate surface area is 82.9 Å². The molecule has 0 radical (unpaired) electrons. The summed E-state index contributed by atoms with van der Waals surface area (Å²) in [5.41, 5.74) is 2.00. The number of fused-ring (bicyclic) bond motifs is 1. The molecule has 2 aromatic rings. The zero-order valence-electron chi connectivity index (χ0n) is 6.87. The van der Waals surface area contributed by atoms with Gasteiger partial charge in [0, 0.05) is 5.56 Å². The summed E-state index contributed by atoms with van der Waals surface area (Å²) in [6.45, 7) is 1.52. The average molecular weight is 240 g/mol. The number of oxazole rings is 1. The molecule has 0 unspecified atom stereocenters. The standard InChI is InChI=1S/C9H6BrNO2/c1-5(12)6-2-7(10)9-8(3-6)11-4-13-9/h2-4H,1H3. The zero-order chi connectivity index (χ0) is 9.42. The third-order valence-electron chi connectivity index (χ3n) is 1.79. The van der Waals surface area contributed by atoms with Crippen molar-refractivity contribution < 1.29 is 9.21 Å². The Hall–Kier alpha value is -1.16. The van der Waals surface area contributed by atoms with Crippen LogP contribution in [0.2, 0.25) is 0 Å². The van der Waals surface area contributed by atoms with Crippen LogP contribution in [0.25, 0.3) is 11.1 Å². The monoisotopic (exact) mass is 239 g/mol. The molecule has 0 atom stereocenters. The number of benzene rings is 1. The maximum Gasteiger partial charge on any atom is 0.182 e. The first-order chi connectivity index (χ1) is 6.18. The van der Waals surface area contributed by atoms with Crippen molar-refractivity contribution in [2.75, 3.05) is 0 Å². The van der Waals surface area contributed by atoms with Crippen molar-refractivity contribution in [1.82, 2.24) is 4.98 Å². The number of hydrogen-bond donors (Lipinski definition) is 0. The number of carbonyl (C=O) groups is 1. The van der Waals surface area contributed by atoms with Crippen LogP contribution in [0, 0.1) is 0 Å². The largest absolute Gasteiger partial charge is 0.442 e. The van der Waals surface area contributed by atoms with Gasteiger partial charge in [0.1, 0.15) is 5.52 Å². The van der Waals surface area contributed by atoms with Gasteiger partial charge in [-0.1, -0.05) is 0 Å². The second kappa shape index (κ2) is 2.96. The van der Waals surface area contributed by atoms with E-state index in [0.717, 1.165) is 4.47 Å². The Kier molecular flexibility index (Phi) is 1.92. The van der Waals surface area contributed by atoms with Crippen molar-refractivity contribution in [3.8, 4) is 0 Å². The van der Waals surface area contributed by atoms with Crippen LogP contribution in [0.3, 0.4) is 0 Å². The van der Waals surface area contributed by atoms with Crippen LogP contribution in [-0.4, -0.2) is 10.8 Å². The lowest BCUT2D eigenvalue weighted by Gasteiger charge is -1.96. The van der Waals surface area contributed by atoms with Crippen LogP contribution < -0.4 is 0 Å². The van der Waals surface area contributed by atoms with E-state index in [0.29, 0.717) is 16.7 Å². The smallest absolute Gasteiger partial charge is 0.182 e. The van der Waals surface area contributed by atoms with Gasteiger partial charge in [0.05, 0.1) is 4.47 Å². The Bertz CT molecular complexity index is 475. The molecule has 2 rings (SSSR count). The fourth-order valence-corrected chi connectivity index (χ4v) is 1.67. The van der Waals surface area contributed by atoms with Crippen molar-refractivity contribution in [2.45, 2.75) is 6.92 Å². The lowest BCUT2D eigenvalue weighted by Crippen LogP contribution is -1.91. The number of halogens is 1.